The summed E-state index contributed by atoms with van der Waals surface area (Å²) < 4.78 is 0. The van der Waals surface area contributed by atoms with E-state index in [1.165, 1.54) is 4.90 Å². The van der Waals surface area contributed by atoms with Gasteiger partial charge in [-0.25, -0.2) is 9.59 Å². The van der Waals surface area contributed by atoms with Crippen molar-refractivity contribution in [1.82, 2.24) is 10.2 Å². The Bertz CT molecular complexity index is 243. The van der Waals surface area contributed by atoms with Crippen molar-refractivity contribution in [2.75, 3.05) is 13.6 Å². The number of carboxylic acids is 1. The summed E-state index contributed by atoms with van der Waals surface area (Å²) in [6.45, 7) is 6.48. The van der Waals surface area contributed by atoms with Gasteiger partial charge in [0.2, 0.25) is 0 Å². The predicted molar refractivity (Wildman–Crippen MR) is 62.3 cm³/mol. The van der Waals surface area contributed by atoms with Crippen molar-refractivity contribution in [3.05, 3.63) is 0 Å². The maximum Gasteiger partial charge on any atom is 0.326 e. The molecule has 0 aromatic rings. The van der Waals surface area contributed by atoms with Crippen molar-refractivity contribution in [1.29, 1.82) is 0 Å². The normalized spacial score (nSPS) is 14.0. The third kappa shape index (κ3) is 5.00. The first-order chi connectivity index (χ1) is 7.42. The van der Waals surface area contributed by atoms with E-state index in [0.29, 0.717) is 18.9 Å². The molecule has 2 amide bonds. The molecule has 1 unspecified atom stereocenters. The minimum absolute atomic E-state index is 0.324. The van der Waals surface area contributed by atoms with E-state index >= 15 is 0 Å². The van der Waals surface area contributed by atoms with Crippen LogP contribution in [0.5, 0.6) is 0 Å². The lowest BCUT2D eigenvalue weighted by Gasteiger charge is -2.23. The van der Waals surface area contributed by atoms with Crippen LogP contribution in [0.15, 0.2) is 0 Å². The fourth-order valence-electron chi connectivity index (χ4n) is 1.28. The number of hydrogen-bond donors (Lipinski definition) is 2. The molecule has 0 aromatic heterocycles. The molecular weight excluding hydrogens is 208 g/mol. The zero-order valence-corrected chi connectivity index (χ0v) is 10.5. The summed E-state index contributed by atoms with van der Waals surface area (Å²) in [7, 11) is 1.68. The van der Waals surface area contributed by atoms with Crippen LogP contribution in [0.4, 0.5) is 4.79 Å². The van der Waals surface area contributed by atoms with E-state index in [1.807, 2.05) is 0 Å². The van der Waals surface area contributed by atoms with E-state index in [0.717, 1.165) is 6.42 Å². The lowest BCUT2D eigenvalue weighted by molar-refractivity contribution is -0.139. The smallest absolute Gasteiger partial charge is 0.326 e. The van der Waals surface area contributed by atoms with Gasteiger partial charge >= 0.3 is 12.0 Å². The first-order valence-corrected chi connectivity index (χ1v) is 5.66. The fraction of sp³-hybridized carbons (Fsp3) is 0.818. The molecular formula is C11H22N2O3. The van der Waals surface area contributed by atoms with Crippen LogP contribution in [0.3, 0.4) is 0 Å². The Morgan fingerprint density at radius 2 is 1.88 bits per heavy atom. The Kier molecular flexibility index (Phi) is 6.53. The maximum absolute atomic E-state index is 11.6. The molecule has 0 radical (unpaired) electrons. The molecule has 0 fully saturated rings. The third-order valence-electron chi connectivity index (χ3n) is 2.63. The highest BCUT2D eigenvalue weighted by Crippen LogP contribution is 2.03. The van der Waals surface area contributed by atoms with Crippen LogP contribution < -0.4 is 5.32 Å². The second kappa shape index (κ2) is 7.09. The molecule has 0 saturated carbocycles. The highest BCUT2D eigenvalue weighted by molar-refractivity contribution is 5.82. The topological polar surface area (TPSA) is 69.6 Å². The van der Waals surface area contributed by atoms with Crippen LogP contribution in [0, 0.1) is 5.92 Å². The number of carbonyl (C=O) groups excluding carboxylic acids is 1. The van der Waals surface area contributed by atoms with Gasteiger partial charge in [0.05, 0.1) is 0 Å². The standard InChI is InChI=1S/C11H22N2O3/c1-5-8(3)7-13(4)11(16)12-9(6-2)10(14)15/h8-9H,5-7H2,1-4H3,(H,12,16)(H,14,15)/t8?,9-/m1/s1. The Hall–Kier alpha value is -1.26. The van der Waals surface area contributed by atoms with E-state index in [9.17, 15) is 9.59 Å². The number of amides is 2. The molecule has 2 N–H and O–H groups in total. The number of nitrogens with zero attached hydrogens (tertiary/aromatic N) is 1. The highest BCUT2D eigenvalue weighted by atomic mass is 16.4. The lowest BCUT2D eigenvalue weighted by Crippen LogP contribution is -2.47. The zero-order valence-electron chi connectivity index (χ0n) is 10.5. The van der Waals surface area contributed by atoms with Gasteiger partial charge in [-0.1, -0.05) is 27.2 Å². The molecule has 0 heterocycles. The second-order valence-electron chi connectivity index (χ2n) is 4.14. The van der Waals surface area contributed by atoms with Crippen LogP contribution in [-0.4, -0.2) is 41.6 Å². The molecule has 0 bridgehead atoms. The van der Waals surface area contributed by atoms with Crippen molar-refractivity contribution < 1.29 is 14.7 Å². The van der Waals surface area contributed by atoms with Gasteiger partial charge in [0.15, 0.2) is 0 Å². The number of urea groups is 1. The zero-order chi connectivity index (χ0) is 12.7. The number of rotatable bonds is 6. The molecule has 0 aliphatic rings. The van der Waals surface area contributed by atoms with Crippen molar-refractivity contribution in [3.63, 3.8) is 0 Å². The number of nitrogens with one attached hydrogen (secondary N) is 1. The summed E-state index contributed by atoms with van der Waals surface area (Å²) in [5, 5.41) is 11.3. The van der Waals surface area contributed by atoms with Gasteiger partial charge in [-0.15, -0.1) is 0 Å². The molecule has 5 nitrogen and oxygen atoms in total. The Morgan fingerprint density at radius 3 is 2.25 bits per heavy atom. The lowest BCUT2D eigenvalue weighted by atomic mass is 10.1. The fourth-order valence-corrected chi connectivity index (χ4v) is 1.28. The SMILES string of the molecule is CCC(C)CN(C)C(=O)N[C@H](CC)C(=O)O. The van der Waals surface area contributed by atoms with E-state index in [2.05, 4.69) is 19.2 Å². The molecule has 16 heavy (non-hydrogen) atoms. The molecule has 5 heteroatoms. The largest absolute Gasteiger partial charge is 0.480 e. The first-order valence-electron chi connectivity index (χ1n) is 5.66. The van der Waals surface area contributed by atoms with Gasteiger partial charge in [-0.05, 0) is 12.3 Å². The number of hydrogen-bond acceptors (Lipinski definition) is 2. The van der Waals surface area contributed by atoms with Crippen LogP contribution >= 0.6 is 0 Å². The molecule has 0 rings (SSSR count). The molecule has 2 atom stereocenters. The minimum atomic E-state index is -0.993. The second-order valence-corrected chi connectivity index (χ2v) is 4.14. The van der Waals surface area contributed by atoms with Gasteiger partial charge in [0.1, 0.15) is 6.04 Å². The summed E-state index contributed by atoms with van der Waals surface area (Å²) in [6, 6.07) is -1.12. The number of aliphatic carboxylic acids is 1. The van der Waals surface area contributed by atoms with Crippen molar-refractivity contribution >= 4 is 12.0 Å². The first kappa shape index (κ1) is 14.7. The average Bonchev–Trinajstić information content (AvgIpc) is 2.24. The van der Waals surface area contributed by atoms with E-state index in [1.54, 1.807) is 14.0 Å². The molecule has 0 aliphatic heterocycles. The van der Waals surface area contributed by atoms with Crippen LogP contribution in [0.1, 0.15) is 33.6 Å². The van der Waals surface area contributed by atoms with E-state index in [-0.39, 0.29) is 6.03 Å². The Labute approximate surface area is 96.8 Å². The van der Waals surface area contributed by atoms with E-state index < -0.39 is 12.0 Å². The summed E-state index contributed by atoms with van der Waals surface area (Å²) in [4.78, 5) is 23.9. The summed E-state index contributed by atoms with van der Waals surface area (Å²) in [6.07, 6.45) is 1.38. The molecule has 0 aliphatic carbocycles. The highest BCUT2D eigenvalue weighted by Gasteiger charge is 2.20. The molecule has 0 spiro atoms. The monoisotopic (exact) mass is 230 g/mol. The third-order valence-corrected chi connectivity index (χ3v) is 2.63. The van der Waals surface area contributed by atoms with Crippen molar-refractivity contribution in [2.45, 2.75) is 39.7 Å². The Morgan fingerprint density at radius 1 is 1.31 bits per heavy atom. The molecule has 0 aromatic carbocycles. The van der Waals surface area contributed by atoms with Gasteiger partial charge in [0, 0.05) is 13.6 Å². The molecule has 0 saturated heterocycles. The average molecular weight is 230 g/mol. The minimum Gasteiger partial charge on any atom is -0.480 e. The Balaban J connectivity index is 4.18. The predicted octanol–water partition coefficient (Wildman–Crippen LogP) is 1.54. The van der Waals surface area contributed by atoms with Gasteiger partial charge in [-0.2, -0.15) is 0 Å². The van der Waals surface area contributed by atoms with Crippen LogP contribution in [0.25, 0.3) is 0 Å². The summed E-state index contributed by atoms with van der Waals surface area (Å²) in [5.41, 5.74) is 0. The van der Waals surface area contributed by atoms with Gasteiger partial charge in [0.25, 0.3) is 0 Å². The molecule has 94 valence electrons. The van der Waals surface area contributed by atoms with E-state index in [4.69, 9.17) is 5.11 Å². The van der Waals surface area contributed by atoms with Crippen molar-refractivity contribution in [2.24, 2.45) is 5.92 Å². The van der Waals surface area contributed by atoms with Crippen LogP contribution in [0.2, 0.25) is 0 Å². The summed E-state index contributed by atoms with van der Waals surface area (Å²) in [5.74, 6) is -0.576. The van der Waals surface area contributed by atoms with Crippen LogP contribution in [-0.2, 0) is 4.79 Å². The number of carboxylic acid groups (broad SMARTS) is 1. The van der Waals surface area contributed by atoms with Gasteiger partial charge in [-0.3, -0.25) is 0 Å². The maximum atomic E-state index is 11.6. The van der Waals surface area contributed by atoms with Crippen molar-refractivity contribution in [3.8, 4) is 0 Å². The summed E-state index contributed by atoms with van der Waals surface area (Å²) >= 11 is 0. The number of carbonyl (C=O) groups is 2. The quantitative estimate of drug-likeness (QED) is 0.727. The van der Waals surface area contributed by atoms with Gasteiger partial charge < -0.3 is 15.3 Å².